The molecule has 1 heterocycles. The van der Waals surface area contributed by atoms with Crippen LogP contribution in [0.3, 0.4) is 0 Å². The van der Waals surface area contributed by atoms with E-state index in [1.165, 1.54) is 0 Å². The normalized spacial score (nSPS) is 10.6. The summed E-state index contributed by atoms with van der Waals surface area (Å²) in [7, 11) is 0. The fourth-order valence-corrected chi connectivity index (χ4v) is 1.90. The number of aromatic nitrogens is 1. The first-order valence-corrected chi connectivity index (χ1v) is 6.05. The second kappa shape index (κ2) is 5.05. The first-order chi connectivity index (χ1) is 9.72. The highest BCUT2D eigenvalue weighted by Crippen LogP contribution is 2.27. The topological polar surface area (TPSA) is 72.6 Å². The van der Waals surface area contributed by atoms with Gasteiger partial charge in [-0.3, -0.25) is 4.79 Å². The van der Waals surface area contributed by atoms with E-state index in [0.717, 1.165) is 0 Å². The highest BCUT2D eigenvalue weighted by Gasteiger charge is 2.12. The molecule has 0 saturated carbocycles. The van der Waals surface area contributed by atoms with Crippen LogP contribution in [0, 0.1) is 0 Å². The SMILES string of the molecule is O=C(O)Cc1ccccc1Oc1nc2ccccc2o1. The van der Waals surface area contributed by atoms with E-state index in [2.05, 4.69) is 4.98 Å². The number of para-hydroxylation sites is 3. The Morgan fingerprint density at radius 1 is 1.15 bits per heavy atom. The highest BCUT2D eigenvalue weighted by molar-refractivity contribution is 5.73. The van der Waals surface area contributed by atoms with Crippen molar-refractivity contribution >= 4 is 17.1 Å². The minimum Gasteiger partial charge on any atom is -0.481 e. The zero-order valence-electron chi connectivity index (χ0n) is 10.4. The molecule has 0 bridgehead atoms. The molecule has 3 aromatic rings. The molecule has 0 aliphatic heterocycles. The van der Waals surface area contributed by atoms with Crippen LogP contribution in [0.25, 0.3) is 11.1 Å². The molecule has 100 valence electrons. The molecule has 0 aliphatic carbocycles. The van der Waals surface area contributed by atoms with E-state index >= 15 is 0 Å². The van der Waals surface area contributed by atoms with Crippen LogP contribution in [0.15, 0.2) is 52.9 Å². The zero-order chi connectivity index (χ0) is 13.9. The molecule has 5 nitrogen and oxygen atoms in total. The maximum absolute atomic E-state index is 10.8. The summed E-state index contributed by atoms with van der Waals surface area (Å²) in [6.07, 6.45) is -0.0137. The van der Waals surface area contributed by atoms with Crippen LogP contribution in [0.4, 0.5) is 0 Å². The van der Waals surface area contributed by atoms with E-state index in [9.17, 15) is 4.79 Å². The molecule has 2 aromatic carbocycles. The van der Waals surface area contributed by atoms with Gasteiger partial charge in [-0.2, -0.15) is 4.98 Å². The van der Waals surface area contributed by atoms with Gasteiger partial charge in [-0.25, -0.2) is 0 Å². The van der Waals surface area contributed by atoms with E-state index in [0.29, 0.717) is 22.4 Å². The lowest BCUT2D eigenvalue weighted by molar-refractivity contribution is -0.136. The average molecular weight is 269 g/mol. The Balaban J connectivity index is 1.92. The van der Waals surface area contributed by atoms with Crippen molar-refractivity contribution in [2.24, 2.45) is 0 Å². The van der Waals surface area contributed by atoms with Gasteiger partial charge in [0.1, 0.15) is 11.3 Å². The Labute approximate surface area is 114 Å². The number of rotatable bonds is 4. The van der Waals surface area contributed by atoms with Crippen LogP contribution < -0.4 is 4.74 Å². The number of carboxylic acids is 1. The number of carboxylic acid groups (broad SMARTS) is 1. The third kappa shape index (κ3) is 2.47. The van der Waals surface area contributed by atoms with Gasteiger partial charge < -0.3 is 14.3 Å². The maximum atomic E-state index is 10.8. The van der Waals surface area contributed by atoms with Crippen LogP contribution in [0.5, 0.6) is 11.8 Å². The molecule has 1 aromatic heterocycles. The highest BCUT2D eigenvalue weighted by atomic mass is 16.6. The van der Waals surface area contributed by atoms with Crippen LogP contribution in [0.1, 0.15) is 5.56 Å². The molecule has 0 aliphatic rings. The molecule has 0 saturated heterocycles. The molecular formula is C15H11NO4. The number of benzene rings is 2. The molecule has 3 rings (SSSR count). The smallest absolute Gasteiger partial charge is 0.400 e. The molecule has 20 heavy (non-hydrogen) atoms. The quantitative estimate of drug-likeness (QED) is 0.787. The molecular weight excluding hydrogens is 258 g/mol. The minimum absolute atomic E-state index is 0.101. The predicted molar refractivity (Wildman–Crippen MR) is 71.9 cm³/mol. The standard InChI is InChI=1S/C15H11NO4/c17-14(18)9-10-5-1-3-7-12(10)19-15-16-11-6-2-4-8-13(11)20-15/h1-8H,9H2,(H,17,18). The largest absolute Gasteiger partial charge is 0.481 e. The Morgan fingerprint density at radius 3 is 2.70 bits per heavy atom. The molecule has 0 radical (unpaired) electrons. The fourth-order valence-electron chi connectivity index (χ4n) is 1.90. The number of ether oxygens (including phenoxy) is 1. The third-order valence-corrected chi connectivity index (χ3v) is 2.79. The van der Waals surface area contributed by atoms with Gasteiger partial charge in [0, 0.05) is 5.56 Å². The Hall–Kier alpha value is -2.82. The summed E-state index contributed by atoms with van der Waals surface area (Å²) in [6, 6.07) is 14.2. The lowest BCUT2D eigenvalue weighted by Gasteiger charge is -2.05. The molecule has 0 spiro atoms. The van der Waals surface area contributed by atoms with Crippen LogP contribution in [-0.4, -0.2) is 16.1 Å². The summed E-state index contributed by atoms with van der Waals surface area (Å²) < 4.78 is 11.0. The zero-order valence-corrected chi connectivity index (χ0v) is 10.4. The summed E-state index contributed by atoms with van der Waals surface area (Å²) in [4.78, 5) is 15.0. The van der Waals surface area contributed by atoms with Crippen molar-refractivity contribution in [3.05, 3.63) is 54.1 Å². The number of aliphatic carboxylic acids is 1. The second-order valence-corrected chi connectivity index (χ2v) is 4.23. The first-order valence-electron chi connectivity index (χ1n) is 6.05. The molecule has 0 unspecified atom stereocenters. The third-order valence-electron chi connectivity index (χ3n) is 2.79. The van der Waals surface area contributed by atoms with E-state index in [1.54, 1.807) is 30.3 Å². The lowest BCUT2D eigenvalue weighted by Crippen LogP contribution is -2.01. The Bertz CT molecular complexity index is 730. The van der Waals surface area contributed by atoms with Gasteiger partial charge in [-0.15, -0.1) is 0 Å². The van der Waals surface area contributed by atoms with Gasteiger partial charge in [-0.05, 0) is 18.2 Å². The summed E-state index contributed by atoms with van der Waals surface area (Å²) in [6.45, 7) is 0. The predicted octanol–water partition coefficient (Wildman–Crippen LogP) is 3.25. The van der Waals surface area contributed by atoms with E-state index in [1.807, 2.05) is 18.2 Å². The van der Waals surface area contributed by atoms with Crippen LogP contribution >= 0.6 is 0 Å². The maximum Gasteiger partial charge on any atom is 0.400 e. The van der Waals surface area contributed by atoms with Crippen molar-refractivity contribution in [3.63, 3.8) is 0 Å². The first kappa shape index (κ1) is 12.2. The van der Waals surface area contributed by atoms with Crippen molar-refractivity contribution in [3.8, 4) is 11.8 Å². The van der Waals surface area contributed by atoms with Gasteiger partial charge in [0.15, 0.2) is 5.58 Å². The molecule has 0 amide bonds. The van der Waals surface area contributed by atoms with Crippen LogP contribution in [0.2, 0.25) is 0 Å². The van der Waals surface area contributed by atoms with Crippen LogP contribution in [-0.2, 0) is 11.2 Å². The monoisotopic (exact) mass is 269 g/mol. The Kier molecular flexibility index (Phi) is 3.09. The fraction of sp³-hybridized carbons (Fsp3) is 0.0667. The van der Waals surface area contributed by atoms with Gasteiger partial charge in [0.05, 0.1) is 6.42 Å². The number of hydrogen-bond donors (Lipinski definition) is 1. The van der Waals surface area contributed by atoms with Gasteiger partial charge in [-0.1, -0.05) is 30.3 Å². The summed E-state index contributed by atoms with van der Waals surface area (Å²) in [5.74, 6) is -0.486. The molecule has 5 heteroatoms. The number of oxazole rings is 1. The number of carbonyl (C=O) groups is 1. The minimum atomic E-state index is -0.918. The van der Waals surface area contributed by atoms with Crippen molar-refractivity contribution in [2.45, 2.75) is 6.42 Å². The number of fused-ring (bicyclic) bond motifs is 1. The second-order valence-electron chi connectivity index (χ2n) is 4.23. The Morgan fingerprint density at radius 2 is 1.90 bits per heavy atom. The van der Waals surface area contributed by atoms with Gasteiger partial charge >= 0.3 is 12.0 Å². The molecule has 0 fully saturated rings. The number of hydrogen-bond acceptors (Lipinski definition) is 4. The molecule has 0 atom stereocenters. The molecule has 1 N–H and O–H groups in total. The average Bonchev–Trinajstić information content (AvgIpc) is 2.82. The lowest BCUT2D eigenvalue weighted by atomic mass is 10.1. The summed E-state index contributed by atoms with van der Waals surface area (Å²) in [5.41, 5.74) is 1.89. The summed E-state index contributed by atoms with van der Waals surface area (Å²) >= 11 is 0. The van der Waals surface area contributed by atoms with Crippen molar-refractivity contribution in [1.82, 2.24) is 4.98 Å². The van der Waals surface area contributed by atoms with E-state index in [4.69, 9.17) is 14.3 Å². The van der Waals surface area contributed by atoms with Crippen molar-refractivity contribution < 1.29 is 19.1 Å². The number of nitrogens with zero attached hydrogens (tertiary/aromatic N) is 1. The van der Waals surface area contributed by atoms with Crippen molar-refractivity contribution in [1.29, 1.82) is 0 Å². The van der Waals surface area contributed by atoms with E-state index in [-0.39, 0.29) is 12.5 Å². The van der Waals surface area contributed by atoms with E-state index < -0.39 is 5.97 Å². The van der Waals surface area contributed by atoms with Gasteiger partial charge in [0.2, 0.25) is 0 Å². The summed E-state index contributed by atoms with van der Waals surface area (Å²) in [5, 5.41) is 8.88. The van der Waals surface area contributed by atoms with Crippen molar-refractivity contribution in [2.75, 3.05) is 0 Å². The van der Waals surface area contributed by atoms with Gasteiger partial charge in [0.25, 0.3) is 0 Å².